The molecule has 4 nitrogen and oxygen atoms in total. The molecule has 0 aliphatic carbocycles. The van der Waals surface area contributed by atoms with Crippen LogP contribution in [0, 0.1) is 5.92 Å². The van der Waals surface area contributed by atoms with Crippen molar-refractivity contribution in [2.45, 2.75) is 26.5 Å². The van der Waals surface area contributed by atoms with E-state index in [0.717, 1.165) is 45.0 Å². The summed E-state index contributed by atoms with van der Waals surface area (Å²) < 4.78 is 7.50. The van der Waals surface area contributed by atoms with Crippen LogP contribution in [0.3, 0.4) is 0 Å². The van der Waals surface area contributed by atoms with Gasteiger partial charge in [0.25, 0.3) is 0 Å². The third-order valence-corrected chi connectivity index (χ3v) is 3.52. The standard InChI is InChI=1S/C14H24N2O2/c1-12(2)14(17)13-3-4-16(11-13)6-5-15-7-9-18-10-8-15/h3-4,11-12,14,17H,5-10H2,1-2H3. The summed E-state index contributed by atoms with van der Waals surface area (Å²) in [5.41, 5.74) is 1.02. The van der Waals surface area contributed by atoms with Gasteiger partial charge in [-0.2, -0.15) is 0 Å². The molecule has 0 radical (unpaired) electrons. The predicted molar refractivity (Wildman–Crippen MR) is 71.5 cm³/mol. The largest absolute Gasteiger partial charge is 0.388 e. The molecule has 1 aromatic rings. The second-order valence-electron chi connectivity index (χ2n) is 5.33. The van der Waals surface area contributed by atoms with Crippen molar-refractivity contribution < 1.29 is 9.84 Å². The highest BCUT2D eigenvalue weighted by Gasteiger charge is 2.14. The number of ether oxygens (including phenoxy) is 1. The van der Waals surface area contributed by atoms with Gasteiger partial charge in [-0.15, -0.1) is 0 Å². The summed E-state index contributed by atoms with van der Waals surface area (Å²) in [6.07, 6.45) is 3.77. The topological polar surface area (TPSA) is 37.6 Å². The van der Waals surface area contributed by atoms with Gasteiger partial charge in [-0.05, 0) is 17.5 Å². The Morgan fingerprint density at radius 3 is 2.67 bits per heavy atom. The van der Waals surface area contributed by atoms with Crippen molar-refractivity contribution in [1.29, 1.82) is 0 Å². The highest BCUT2D eigenvalue weighted by molar-refractivity contribution is 5.14. The van der Waals surface area contributed by atoms with Crippen molar-refractivity contribution in [2.75, 3.05) is 32.8 Å². The minimum atomic E-state index is -0.352. The predicted octanol–water partition coefficient (Wildman–Crippen LogP) is 1.51. The van der Waals surface area contributed by atoms with E-state index in [0.29, 0.717) is 0 Å². The first kappa shape index (κ1) is 13.6. The molecule has 102 valence electrons. The lowest BCUT2D eigenvalue weighted by molar-refractivity contribution is 0.0364. The molecule has 1 fully saturated rings. The fourth-order valence-electron chi connectivity index (χ4n) is 2.24. The molecule has 2 heterocycles. The van der Waals surface area contributed by atoms with Crippen LogP contribution in [-0.4, -0.2) is 47.4 Å². The molecule has 0 bridgehead atoms. The Bertz CT molecular complexity index is 356. The molecule has 18 heavy (non-hydrogen) atoms. The van der Waals surface area contributed by atoms with Crippen LogP contribution in [0.1, 0.15) is 25.5 Å². The zero-order valence-corrected chi connectivity index (χ0v) is 11.4. The van der Waals surface area contributed by atoms with E-state index in [1.165, 1.54) is 0 Å². The number of aliphatic hydroxyl groups is 1. The van der Waals surface area contributed by atoms with Crippen molar-refractivity contribution in [3.05, 3.63) is 24.0 Å². The summed E-state index contributed by atoms with van der Waals surface area (Å²) in [6, 6.07) is 2.02. The highest BCUT2D eigenvalue weighted by atomic mass is 16.5. The smallest absolute Gasteiger partial charge is 0.0827 e. The van der Waals surface area contributed by atoms with E-state index in [2.05, 4.69) is 21.9 Å². The number of morpholine rings is 1. The van der Waals surface area contributed by atoms with E-state index in [4.69, 9.17) is 4.74 Å². The van der Waals surface area contributed by atoms with Gasteiger partial charge >= 0.3 is 0 Å². The number of nitrogens with zero attached hydrogens (tertiary/aromatic N) is 2. The third kappa shape index (κ3) is 3.57. The fraction of sp³-hybridized carbons (Fsp3) is 0.714. The van der Waals surface area contributed by atoms with Crippen molar-refractivity contribution in [1.82, 2.24) is 9.47 Å². The van der Waals surface area contributed by atoms with E-state index in [1.807, 2.05) is 19.9 Å². The van der Waals surface area contributed by atoms with Crippen LogP contribution >= 0.6 is 0 Å². The van der Waals surface area contributed by atoms with Gasteiger partial charge in [0.05, 0.1) is 19.3 Å². The SMILES string of the molecule is CC(C)C(O)c1ccn(CCN2CCOCC2)c1. The van der Waals surface area contributed by atoms with Crippen LogP contribution in [0.15, 0.2) is 18.5 Å². The quantitative estimate of drug-likeness (QED) is 0.863. The summed E-state index contributed by atoms with van der Waals surface area (Å²) >= 11 is 0. The van der Waals surface area contributed by atoms with Crippen LogP contribution in [0.4, 0.5) is 0 Å². The summed E-state index contributed by atoms with van der Waals surface area (Å²) in [5, 5.41) is 9.99. The monoisotopic (exact) mass is 252 g/mol. The second-order valence-corrected chi connectivity index (χ2v) is 5.33. The summed E-state index contributed by atoms with van der Waals surface area (Å²) in [6.45, 7) is 9.86. The maximum absolute atomic E-state index is 9.99. The van der Waals surface area contributed by atoms with Crippen LogP contribution in [0.5, 0.6) is 0 Å². The minimum Gasteiger partial charge on any atom is -0.388 e. The van der Waals surface area contributed by atoms with Crippen molar-refractivity contribution in [2.24, 2.45) is 5.92 Å². The van der Waals surface area contributed by atoms with Crippen molar-refractivity contribution in [3.8, 4) is 0 Å². The molecule has 4 heteroatoms. The van der Waals surface area contributed by atoms with Crippen LogP contribution in [0.25, 0.3) is 0 Å². The van der Waals surface area contributed by atoms with E-state index >= 15 is 0 Å². The molecule has 0 spiro atoms. The molecule has 1 unspecified atom stereocenters. The first-order valence-electron chi connectivity index (χ1n) is 6.80. The van der Waals surface area contributed by atoms with Gasteiger partial charge in [0.1, 0.15) is 0 Å². The lowest BCUT2D eigenvalue weighted by Crippen LogP contribution is -2.38. The summed E-state index contributed by atoms with van der Waals surface area (Å²) in [5.74, 6) is 0.264. The van der Waals surface area contributed by atoms with Crippen LogP contribution in [0.2, 0.25) is 0 Å². The molecule has 1 aromatic heterocycles. The van der Waals surface area contributed by atoms with Gasteiger partial charge in [-0.25, -0.2) is 0 Å². The molecule has 1 N–H and O–H groups in total. The number of aromatic nitrogens is 1. The first-order valence-corrected chi connectivity index (χ1v) is 6.80. The average Bonchev–Trinajstić information content (AvgIpc) is 2.85. The van der Waals surface area contributed by atoms with E-state index < -0.39 is 0 Å². The highest BCUT2D eigenvalue weighted by Crippen LogP contribution is 2.21. The maximum atomic E-state index is 9.99. The second kappa shape index (κ2) is 6.36. The Hall–Kier alpha value is -0.840. The lowest BCUT2D eigenvalue weighted by atomic mass is 10.0. The average molecular weight is 252 g/mol. The molecule has 1 atom stereocenters. The van der Waals surface area contributed by atoms with Crippen LogP contribution in [-0.2, 0) is 11.3 Å². The molecular weight excluding hydrogens is 228 g/mol. The number of aliphatic hydroxyl groups excluding tert-OH is 1. The zero-order chi connectivity index (χ0) is 13.0. The van der Waals surface area contributed by atoms with E-state index in [1.54, 1.807) is 0 Å². The normalized spacial score (nSPS) is 19.3. The van der Waals surface area contributed by atoms with E-state index in [-0.39, 0.29) is 12.0 Å². The molecule has 1 aliphatic rings. The van der Waals surface area contributed by atoms with Crippen molar-refractivity contribution >= 4 is 0 Å². The molecule has 1 saturated heterocycles. The lowest BCUT2D eigenvalue weighted by Gasteiger charge is -2.26. The Balaban J connectivity index is 1.82. The Morgan fingerprint density at radius 2 is 2.00 bits per heavy atom. The van der Waals surface area contributed by atoms with Gasteiger partial charge < -0.3 is 14.4 Å². The molecule has 0 saturated carbocycles. The van der Waals surface area contributed by atoms with Gasteiger partial charge in [0.15, 0.2) is 0 Å². The summed E-state index contributed by atoms with van der Waals surface area (Å²) in [7, 11) is 0. The number of rotatable bonds is 5. The van der Waals surface area contributed by atoms with E-state index in [9.17, 15) is 5.11 Å². The first-order chi connectivity index (χ1) is 8.66. The van der Waals surface area contributed by atoms with Crippen LogP contribution < -0.4 is 0 Å². The van der Waals surface area contributed by atoms with Gasteiger partial charge in [0.2, 0.25) is 0 Å². The maximum Gasteiger partial charge on any atom is 0.0827 e. The molecular formula is C14H24N2O2. The Kier molecular flexibility index (Phi) is 4.80. The third-order valence-electron chi connectivity index (χ3n) is 3.52. The molecule has 0 aromatic carbocycles. The number of hydrogen-bond acceptors (Lipinski definition) is 3. The minimum absolute atomic E-state index is 0.264. The van der Waals surface area contributed by atoms with Gasteiger partial charge in [-0.3, -0.25) is 4.90 Å². The fourth-order valence-corrected chi connectivity index (χ4v) is 2.24. The zero-order valence-electron chi connectivity index (χ0n) is 11.4. The number of hydrogen-bond donors (Lipinski definition) is 1. The van der Waals surface area contributed by atoms with Gasteiger partial charge in [0, 0.05) is 38.6 Å². The molecule has 1 aliphatic heterocycles. The summed E-state index contributed by atoms with van der Waals surface area (Å²) in [4.78, 5) is 2.42. The van der Waals surface area contributed by atoms with Crippen molar-refractivity contribution in [3.63, 3.8) is 0 Å². The Morgan fingerprint density at radius 1 is 1.28 bits per heavy atom. The Labute approximate surface area is 109 Å². The van der Waals surface area contributed by atoms with Gasteiger partial charge in [-0.1, -0.05) is 13.8 Å². The molecule has 2 rings (SSSR count). The molecule has 0 amide bonds.